The molecule has 10 aromatic rings. The van der Waals surface area contributed by atoms with Gasteiger partial charge in [0.15, 0.2) is 0 Å². The highest BCUT2D eigenvalue weighted by molar-refractivity contribution is 6.26. The zero-order valence-corrected chi connectivity index (χ0v) is 27.1. The normalized spacial score (nSPS) is 14.3. The Morgan fingerprint density at radius 1 is 0.333 bits per heavy atom. The molecule has 0 unspecified atom stereocenters. The minimum atomic E-state index is -0.412. The number of hydrogen-bond donors (Lipinski definition) is 0. The van der Waals surface area contributed by atoms with Crippen LogP contribution >= 0.6 is 0 Å². The molecular weight excluding hydrogens is 617 g/mol. The Balaban J connectivity index is 1.35. The number of benzene rings is 9. The van der Waals surface area contributed by atoms with E-state index in [0.29, 0.717) is 54.9 Å². The summed E-state index contributed by atoms with van der Waals surface area (Å²) in [7, 11) is 0. The fourth-order valence-corrected chi connectivity index (χ4v) is 7.23. The minimum absolute atomic E-state index is 0.0757. The maximum atomic E-state index is 9.58. The van der Waals surface area contributed by atoms with Crippen molar-refractivity contribution in [3.63, 3.8) is 0 Å². The van der Waals surface area contributed by atoms with Gasteiger partial charge in [0.1, 0.15) is 11.2 Å². The SMILES string of the molecule is [2H]c1c([2H])c([2H])c(-c2c3ccccc3c(-c3c([2H])c([2H])c([2H])c4oc5c([2H])c([2H])c(-c6ccccc6)c([2H])c5c34)c3ccccc23)c(-c2ccc(-c3ccccc3)cc2)c1[2H]. The lowest BCUT2D eigenvalue weighted by Crippen LogP contribution is -1.93. The molecule has 9 aromatic carbocycles. The van der Waals surface area contributed by atoms with Crippen molar-refractivity contribution in [1.82, 2.24) is 0 Å². The Morgan fingerprint density at radius 2 is 0.824 bits per heavy atom. The molecule has 0 aliphatic rings. The zero-order chi connectivity index (χ0) is 42.4. The van der Waals surface area contributed by atoms with Crippen molar-refractivity contribution < 1.29 is 18.1 Å². The van der Waals surface area contributed by atoms with Crippen LogP contribution in [0.4, 0.5) is 0 Å². The molecule has 51 heavy (non-hydrogen) atoms. The van der Waals surface area contributed by atoms with Crippen LogP contribution in [-0.4, -0.2) is 0 Å². The molecule has 0 bridgehead atoms. The first-order chi connectivity index (χ1) is 29.5. The molecule has 1 aromatic heterocycles. The molecule has 1 heterocycles. The third kappa shape index (κ3) is 4.86. The molecule has 0 atom stereocenters. The van der Waals surface area contributed by atoms with Gasteiger partial charge in [0.25, 0.3) is 0 Å². The van der Waals surface area contributed by atoms with Crippen molar-refractivity contribution in [2.45, 2.75) is 0 Å². The van der Waals surface area contributed by atoms with Crippen LogP contribution in [0.2, 0.25) is 0 Å². The fraction of sp³-hybridized carbons (Fsp3) is 0. The molecule has 10 rings (SSSR count). The lowest BCUT2D eigenvalue weighted by molar-refractivity contribution is 0.669. The van der Waals surface area contributed by atoms with Gasteiger partial charge >= 0.3 is 0 Å². The first kappa shape index (κ1) is 20.7. The summed E-state index contributed by atoms with van der Waals surface area (Å²) in [6.07, 6.45) is 0. The van der Waals surface area contributed by atoms with Crippen LogP contribution in [0.5, 0.6) is 0 Å². The van der Waals surface area contributed by atoms with Crippen LogP contribution < -0.4 is 0 Å². The summed E-state index contributed by atoms with van der Waals surface area (Å²) in [5.41, 5.74) is 5.03. The molecule has 0 saturated heterocycles. The minimum Gasteiger partial charge on any atom is -0.456 e. The van der Waals surface area contributed by atoms with E-state index in [1.807, 2.05) is 109 Å². The Bertz CT molecular complexity index is 3400. The molecule has 0 aliphatic carbocycles. The standard InChI is InChI=1S/C50H32O/c1-3-14-33(15-4-1)35-26-28-36(29-27-35)38-18-7-8-19-39(38)48-40-20-9-11-22-42(40)49(43-23-12-10-21-41(43)48)44-24-13-25-47-50(44)45-32-37(30-31-46(45)51-47)34-16-5-2-6-17-34/h1-32H/i7D,8D,13D,18D,19D,24D,25D,30D,31D,32D. The maximum Gasteiger partial charge on any atom is 0.136 e. The van der Waals surface area contributed by atoms with Crippen molar-refractivity contribution in [1.29, 1.82) is 0 Å². The fourth-order valence-electron chi connectivity index (χ4n) is 7.23. The summed E-state index contributed by atoms with van der Waals surface area (Å²) >= 11 is 0. The summed E-state index contributed by atoms with van der Waals surface area (Å²) in [5.74, 6) is 0. The first-order valence-corrected chi connectivity index (χ1v) is 16.7. The molecule has 0 N–H and O–H groups in total. The van der Waals surface area contributed by atoms with Crippen molar-refractivity contribution in [3.8, 4) is 55.6 Å². The average Bonchev–Trinajstić information content (AvgIpc) is 3.70. The quantitative estimate of drug-likeness (QED) is 0.168. The average molecular weight is 659 g/mol. The number of rotatable bonds is 5. The van der Waals surface area contributed by atoms with Crippen molar-refractivity contribution >= 4 is 43.5 Å². The van der Waals surface area contributed by atoms with Crippen molar-refractivity contribution in [3.05, 3.63) is 194 Å². The molecule has 1 heteroatoms. The van der Waals surface area contributed by atoms with Crippen molar-refractivity contribution in [2.24, 2.45) is 0 Å². The lowest BCUT2D eigenvalue weighted by Gasteiger charge is -2.20. The highest BCUT2D eigenvalue weighted by Crippen LogP contribution is 2.48. The van der Waals surface area contributed by atoms with Crippen molar-refractivity contribution in [2.75, 3.05) is 0 Å². The summed E-state index contributed by atoms with van der Waals surface area (Å²) in [5, 5.41) is 2.76. The molecule has 238 valence electrons. The van der Waals surface area contributed by atoms with Crippen LogP contribution in [0.25, 0.3) is 99.1 Å². The van der Waals surface area contributed by atoms with Gasteiger partial charge in [0.05, 0.1) is 13.7 Å². The van der Waals surface area contributed by atoms with E-state index in [0.717, 1.165) is 11.1 Å². The predicted molar refractivity (Wildman–Crippen MR) is 216 cm³/mol. The molecule has 0 aliphatic heterocycles. The molecule has 0 saturated carbocycles. The van der Waals surface area contributed by atoms with E-state index in [9.17, 15) is 5.48 Å². The molecule has 0 fully saturated rings. The van der Waals surface area contributed by atoms with E-state index in [1.165, 1.54) is 0 Å². The van der Waals surface area contributed by atoms with Gasteiger partial charge in [-0.25, -0.2) is 0 Å². The third-order valence-electron chi connectivity index (χ3n) is 9.53. The van der Waals surface area contributed by atoms with E-state index in [2.05, 4.69) is 0 Å². The van der Waals surface area contributed by atoms with Gasteiger partial charge in [-0.2, -0.15) is 0 Å². The summed E-state index contributed by atoms with van der Waals surface area (Å²) in [6, 6.07) is 38.4. The van der Waals surface area contributed by atoms with Crippen LogP contribution in [0.3, 0.4) is 0 Å². The predicted octanol–water partition coefficient (Wildman–Crippen LogP) is 14.2. The van der Waals surface area contributed by atoms with Crippen LogP contribution in [0.1, 0.15) is 13.7 Å². The monoisotopic (exact) mass is 658 g/mol. The van der Waals surface area contributed by atoms with Gasteiger partial charge in [0.2, 0.25) is 0 Å². The summed E-state index contributed by atoms with van der Waals surface area (Å²) < 4.78 is 98.0. The van der Waals surface area contributed by atoms with Gasteiger partial charge in [0, 0.05) is 10.8 Å². The molecule has 0 radical (unpaired) electrons. The number of furan rings is 1. The van der Waals surface area contributed by atoms with E-state index in [-0.39, 0.29) is 87.4 Å². The summed E-state index contributed by atoms with van der Waals surface area (Å²) in [4.78, 5) is 0. The zero-order valence-electron chi connectivity index (χ0n) is 37.1. The number of fused-ring (bicyclic) bond motifs is 5. The van der Waals surface area contributed by atoms with Gasteiger partial charge in [-0.3, -0.25) is 0 Å². The Hall–Kier alpha value is -6.70. The third-order valence-corrected chi connectivity index (χ3v) is 9.53. The second kappa shape index (κ2) is 12.0. The second-order valence-electron chi connectivity index (χ2n) is 12.4. The first-order valence-electron chi connectivity index (χ1n) is 21.7. The Morgan fingerprint density at radius 3 is 1.45 bits per heavy atom. The largest absolute Gasteiger partial charge is 0.456 e. The van der Waals surface area contributed by atoms with Gasteiger partial charge < -0.3 is 4.42 Å². The van der Waals surface area contributed by atoms with Gasteiger partial charge in [-0.1, -0.05) is 176 Å². The van der Waals surface area contributed by atoms with Crippen LogP contribution in [0.15, 0.2) is 198 Å². The van der Waals surface area contributed by atoms with E-state index < -0.39 is 6.04 Å². The molecule has 0 spiro atoms. The lowest BCUT2D eigenvalue weighted by atomic mass is 9.83. The van der Waals surface area contributed by atoms with Gasteiger partial charge in [-0.05, 0) is 95.3 Å². The Labute approximate surface area is 310 Å². The molecular formula is C50H32O. The second-order valence-corrected chi connectivity index (χ2v) is 12.4. The van der Waals surface area contributed by atoms with Gasteiger partial charge in [-0.15, -0.1) is 0 Å². The Kier molecular flexibility index (Phi) is 4.88. The number of hydrogen-bond acceptors (Lipinski definition) is 1. The topological polar surface area (TPSA) is 13.1 Å². The molecule has 0 amide bonds. The van der Waals surface area contributed by atoms with Crippen LogP contribution in [0, 0.1) is 0 Å². The maximum absolute atomic E-state index is 9.58. The van der Waals surface area contributed by atoms with E-state index >= 15 is 0 Å². The van der Waals surface area contributed by atoms with E-state index in [1.54, 1.807) is 24.3 Å². The van der Waals surface area contributed by atoms with Crippen LogP contribution in [-0.2, 0) is 0 Å². The highest BCUT2D eigenvalue weighted by atomic mass is 16.3. The van der Waals surface area contributed by atoms with E-state index in [4.69, 9.17) is 12.6 Å². The smallest absolute Gasteiger partial charge is 0.136 e. The highest BCUT2D eigenvalue weighted by Gasteiger charge is 2.21. The summed E-state index contributed by atoms with van der Waals surface area (Å²) in [6.45, 7) is 0. The molecule has 1 nitrogen and oxygen atoms in total.